The normalized spacial score (nSPS) is 25.7. The summed E-state index contributed by atoms with van der Waals surface area (Å²) in [4.78, 5) is 10.7. The second-order valence-electron chi connectivity index (χ2n) is 6.20. The van der Waals surface area contributed by atoms with E-state index in [1.54, 1.807) is 18.2 Å². The third-order valence-electron chi connectivity index (χ3n) is 4.48. The van der Waals surface area contributed by atoms with Crippen LogP contribution in [0.3, 0.4) is 0 Å². The van der Waals surface area contributed by atoms with E-state index in [9.17, 15) is 15.2 Å². The molecular weight excluding hydrogens is 268 g/mol. The maximum atomic E-state index is 11.0. The lowest BCUT2D eigenvalue weighted by molar-refractivity contribution is -0.385. The smallest absolute Gasteiger partial charge is 0.272 e. The highest BCUT2D eigenvalue weighted by Crippen LogP contribution is 2.32. The molecule has 2 unspecified atom stereocenters. The van der Waals surface area contributed by atoms with Gasteiger partial charge in [0.2, 0.25) is 0 Å². The average Bonchev–Trinajstić information content (AvgIpc) is 2.47. The van der Waals surface area contributed by atoms with Crippen molar-refractivity contribution >= 4 is 5.69 Å². The molecule has 2 N–H and O–H groups in total. The number of aliphatic hydroxyl groups is 1. The number of nitro groups is 1. The van der Waals surface area contributed by atoms with Crippen LogP contribution in [0.2, 0.25) is 0 Å². The Morgan fingerprint density at radius 3 is 2.90 bits per heavy atom. The van der Waals surface area contributed by atoms with Crippen molar-refractivity contribution in [2.24, 2.45) is 5.92 Å². The Balaban J connectivity index is 1.96. The molecule has 1 aromatic rings. The number of aliphatic hydroxyl groups excluding tert-OH is 1. The van der Waals surface area contributed by atoms with E-state index in [4.69, 9.17) is 0 Å². The summed E-state index contributed by atoms with van der Waals surface area (Å²) in [6, 6.07) is 6.86. The van der Waals surface area contributed by atoms with Crippen molar-refractivity contribution in [3.63, 3.8) is 0 Å². The summed E-state index contributed by atoms with van der Waals surface area (Å²) in [5.74, 6) is 0.615. The predicted octanol–water partition coefficient (Wildman–Crippen LogP) is 2.67. The van der Waals surface area contributed by atoms with Gasteiger partial charge in [-0.3, -0.25) is 10.1 Å². The highest BCUT2D eigenvalue weighted by atomic mass is 16.6. The van der Waals surface area contributed by atoms with Crippen LogP contribution >= 0.6 is 0 Å². The minimum atomic E-state index is -0.334. The van der Waals surface area contributed by atoms with Gasteiger partial charge in [0.1, 0.15) is 0 Å². The van der Waals surface area contributed by atoms with Crippen molar-refractivity contribution in [3.05, 3.63) is 39.9 Å². The fraction of sp³-hybridized carbons (Fsp3) is 0.625. The van der Waals surface area contributed by atoms with Crippen molar-refractivity contribution in [3.8, 4) is 0 Å². The summed E-state index contributed by atoms with van der Waals surface area (Å²) in [7, 11) is 0. The summed E-state index contributed by atoms with van der Waals surface area (Å²) in [6.07, 6.45) is 4.90. The van der Waals surface area contributed by atoms with E-state index < -0.39 is 0 Å². The number of hydrogen-bond donors (Lipinski definition) is 2. The number of rotatable bonds is 6. The molecule has 0 spiro atoms. The predicted molar refractivity (Wildman–Crippen MR) is 82.3 cm³/mol. The molecule has 116 valence electrons. The first-order chi connectivity index (χ1) is 10.1. The molecule has 1 aliphatic carbocycles. The maximum Gasteiger partial charge on any atom is 0.272 e. The summed E-state index contributed by atoms with van der Waals surface area (Å²) in [5, 5.41) is 24.2. The highest BCUT2D eigenvalue weighted by Gasteiger charge is 2.33. The van der Waals surface area contributed by atoms with E-state index in [1.807, 2.05) is 6.07 Å². The van der Waals surface area contributed by atoms with Gasteiger partial charge in [-0.15, -0.1) is 0 Å². The molecule has 0 bridgehead atoms. The second-order valence-corrected chi connectivity index (χ2v) is 6.20. The largest absolute Gasteiger partial charge is 0.394 e. The number of nitro benzene ring substituents is 1. The molecule has 1 fully saturated rings. The zero-order valence-electron chi connectivity index (χ0n) is 12.5. The monoisotopic (exact) mass is 292 g/mol. The first-order valence-corrected chi connectivity index (χ1v) is 7.64. The third kappa shape index (κ3) is 4.02. The zero-order chi connectivity index (χ0) is 15.3. The van der Waals surface area contributed by atoms with E-state index in [-0.39, 0.29) is 22.8 Å². The summed E-state index contributed by atoms with van der Waals surface area (Å²) >= 11 is 0. The Hall–Kier alpha value is -1.46. The van der Waals surface area contributed by atoms with Crippen molar-refractivity contribution < 1.29 is 10.0 Å². The topological polar surface area (TPSA) is 75.4 Å². The summed E-state index contributed by atoms with van der Waals surface area (Å²) < 4.78 is 0. The minimum Gasteiger partial charge on any atom is -0.394 e. The van der Waals surface area contributed by atoms with Gasteiger partial charge in [0.25, 0.3) is 5.69 Å². The minimum absolute atomic E-state index is 0.133. The third-order valence-corrected chi connectivity index (χ3v) is 4.48. The molecule has 0 radical (unpaired) electrons. The van der Waals surface area contributed by atoms with E-state index in [2.05, 4.69) is 12.2 Å². The number of nitrogens with one attached hydrogen (secondary N) is 1. The fourth-order valence-electron chi connectivity index (χ4n) is 3.38. The maximum absolute atomic E-state index is 11.0. The Kier molecular flexibility index (Phi) is 5.31. The SMILES string of the molecule is CC1CCCC(CO)(NCCc2ccccc2[N+](=O)[O-])C1. The second kappa shape index (κ2) is 7.00. The van der Waals surface area contributed by atoms with Crippen molar-refractivity contribution in [1.29, 1.82) is 0 Å². The Bertz CT molecular complexity index is 492. The molecule has 1 saturated carbocycles. The van der Waals surface area contributed by atoms with Crippen LogP contribution in [0.15, 0.2) is 24.3 Å². The first-order valence-electron chi connectivity index (χ1n) is 7.64. The van der Waals surface area contributed by atoms with Gasteiger partial charge in [-0.2, -0.15) is 0 Å². The van der Waals surface area contributed by atoms with E-state index in [0.717, 1.165) is 24.8 Å². The van der Waals surface area contributed by atoms with Crippen molar-refractivity contribution in [2.45, 2.75) is 44.6 Å². The van der Waals surface area contributed by atoms with Crippen LogP contribution in [-0.4, -0.2) is 28.7 Å². The molecule has 1 aliphatic rings. The standard InChI is InChI=1S/C16H24N2O3/c1-13-5-4-9-16(11-13,12-19)17-10-8-14-6-2-3-7-15(14)18(20)21/h2-3,6-7,13,17,19H,4-5,8-12H2,1H3. The van der Waals surface area contributed by atoms with Gasteiger partial charge in [-0.25, -0.2) is 0 Å². The molecule has 0 amide bonds. The summed E-state index contributed by atoms with van der Waals surface area (Å²) in [5.41, 5.74) is 0.711. The van der Waals surface area contributed by atoms with Crippen LogP contribution in [0.4, 0.5) is 5.69 Å². The van der Waals surface area contributed by atoms with E-state index >= 15 is 0 Å². The van der Waals surface area contributed by atoms with Crippen LogP contribution in [0, 0.1) is 16.0 Å². The quantitative estimate of drug-likeness (QED) is 0.624. The van der Waals surface area contributed by atoms with Crippen LogP contribution < -0.4 is 5.32 Å². The molecule has 5 heteroatoms. The first kappa shape index (κ1) is 15.9. The molecule has 0 heterocycles. The Labute approximate surface area is 125 Å². The molecule has 0 aliphatic heterocycles. The molecule has 2 atom stereocenters. The fourth-order valence-corrected chi connectivity index (χ4v) is 3.38. The van der Waals surface area contributed by atoms with Gasteiger partial charge < -0.3 is 10.4 Å². The summed E-state index contributed by atoms with van der Waals surface area (Å²) in [6.45, 7) is 3.00. The molecule has 2 rings (SSSR count). The number of nitrogens with zero attached hydrogens (tertiary/aromatic N) is 1. The van der Waals surface area contributed by atoms with Crippen LogP contribution in [0.5, 0.6) is 0 Å². The zero-order valence-corrected chi connectivity index (χ0v) is 12.5. The van der Waals surface area contributed by atoms with E-state index in [0.29, 0.717) is 18.9 Å². The average molecular weight is 292 g/mol. The van der Waals surface area contributed by atoms with Crippen molar-refractivity contribution in [2.75, 3.05) is 13.2 Å². The Morgan fingerprint density at radius 1 is 1.48 bits per heavy atom. The molecule has 1 aromatic carbocycles. The molecule has 0 aromatic heterocycles. The molecule has 0 saturated heterocycles. The molecular formula is C16H24N2O3. The number of para-hydroxylation sites is 1. The van der Waals surface area contributed by atoms with Crippen LogP contribution in [-0.2, 0) is 6.42 Å². The van der Waals surface area contributed by atoms with Gasteiger partial charge in [0, 0.05) is 23.7 Å². The van der Waals surface area contributed by atoms with Crippen molar-refractivity contribution in [1.82, 2.24) is 5.32 Å². The van der Waals surface area contributed by atoms with Gasteiger partial charge in [0.15, 0.2) is 0 Å². The highest BCUT2D eigenvalue weighted by molar-refractivity contribution is 5.39. The lowest BCUT2D eigenvalue weighted by Crippen LogP contribution is -2.52. The van der Waals surface area contributed by atoms with Gasteiger partial charge in [-0.05, 0) is 25.2 Å². The van der Waals surface area contributed by atoms with Crippen LogP contribution in [0.1, 0.15) is 38.2 Å². The Morgan fingerprint density at radius 2 is 2.24 bits per heavy atom. The number of benzene rings is 1. The lowest BCUT2D eigenvalue weighted by atomic mass is 9.77. The molecule has 21 heavy (non-hydrogen) atoms. The van der Waals surface area contributed by atoms with Gasteiger partial charge in [0.05, 0.1) is 11.5 Å². The van der Waals surface area contributed by atoms with Gasteiger partial charge in [-0.1, -0.05) is 38.0 Å². The van der Waals surface area contributed by atoms with E-state index in [1.165, 1.54) is 6.42 Å². The van der Waals surface area contributed by atoms with Gasteiger partial charge >= 0.3 is 0 Å². The molecule has 5 nitrogen and oxygen atoms in total. The lowest BCUT2D eigenvalue weighted by Gasteiger charge is -2.39. The number of hydrogen-bond acceptors (Lipinski definition) is 4. The van der Waals surface area contributed by atoms with Crippen LogP contribution in [0.25, 0.3) is 0 Å².